The molecule has 0 aliphatic rings. The molecule has 0 aliphatic carbocycles. The Balaban J connectivity index is 2.37. The van der Waals surface area contributed by atoms with Crippen molar-refractivity contribution >= 4 is 28.8 Å². The standard InChI is InChI=1S/C25H31NO4S/c1-24(2,3)18-13-17(30-29)14-19(25(4,5)6)22(18)21(28)12-11-20(27)15-7-9-16(10-8-15)23(26)31/h7-10,13-14,29H,11-12H2,1-6H3,(H2,26,31). The van der Waals surface area contributed by atoms with Crippen molar-refractivity contribution < 1.29 is 19.7 Å². The molecule has 6 heteroatoms. The number of Topliss-reactive ketones (excluding diaryl/α,β-unsaturated/α-hetero) is 2. The molecule has 0 amide bonds. The van der Waals surface area contributed by atoms with Crippen LogP contribution in [-0.2, 0) is 10.8 Å². The van der Waals surface area contributed by atoms with Gasteiger partial charge in [0.25, 0.3) is 0 Å². The maximum absolute atomic E-state index is 13.4. The normalized spacial score (nSPS) is 11.8. The maximum atomic E-state index is 13.4. The molecule has 0 radical (unpaired) electrons. The van der Waals surface area contributed by atoms with Gasteiger partial charge >= 0.3 is 0 Å². The van der Waals surface area contributed by atoms with Crippen LogP contribution in [0.1, 0.15) is 91.8 Å². The highest BCUT2D eigenvalue weighted by atomic mass is 32.1. The second kappa shape index (κ2) is 9.28. The number of thiocarbonyl (C=S) groups is 1. The van der Waals surface area contributed by atoms with E-state index in [1.165, 1.54) is 0 Å². The largest absolute Gasteiger partial charge is 0.389 e. The zero-order valence-electron chi connectivity index (χ0n) is 19.0. The van der Waals surface area contributed by atoms with Crippen molar-refractivity contribution in [1.82, 2.24) is 0 Å². The van der Waals surface area contributed by atoms with Crippen LogP contribution in [-0.4, -0.2) is 21.8 Å². The van der Waals surface area contributed by atoms with E-state index in [-0.39, 0.29) is 40.2 Å². The Morgan fingerprint density at radius 1 is 0.871 bits per heavy atom. The van der Waals surface area contributed by atoms with Gasteiger partial charge in [-0.2, -0.15) is 0 Å². The molecule has 0 aromatic heterocycles. The molecule has 31 heavy (non-hydrogen) atoms. The number of nitrogens with two attached hydrogens (primary N) is 1. The van der Waals surface area contributed by atoms with E-state index in [0.717, 1.165) is 11.1 Å². The molecule has 2 aromatic carbocycles. The van der Waals surface area contributed by atoms with E-state index in [0.29, 0.717) is 22.4 Å². The van der Waals surface area contributed by atoms with Gasteiger partial charge in [-0.25, -0.2) is 5.26 Å². The highest BCUT2D eigenvalue weighted by Crippen LogP contribution is 2.38. The van der Waals surface area contributed by atoms with E-state index in [1.54, 1.807) is 36.4 Å². The molecular weight excluding hydrogens is 410 g/mol. The molecule has 0 saturated carbocycles. The fraction of sp³-hybridized carbons (Fsp3) is 0.400. The third-order valence-electron chi connectivity index (χ3n) is 5.18. The average Bonchev–Trinajstić information content (AvgIpc) is 2.69. The van der Waals surface area contributed by atoms with Gasteiger partial charge in [0.15, 0.2) is 17.3 Å². The zero-order chi connectivity index (χ0) is 23.6. The predicted octanol–water partition coefficient (Wildman–Crippen LogP) is 5.61. The first kappa shape index (κ1) is 24.7. The molecule has 3 N–H and O–H groups in total. The van der Waals surface area contributed by atoms with Gasteiger partial charge in [-0.05, 0) is 34.1 Å². The minimum Gasteiger partial charge on any atom is -0.389 e. The Morgan fingerprint density at radius 2 is 1.29 bits per heavy atom. The van der Waals surface area contributed by atoms with Crippen molar-refractivity contribution in [3.05, 3.63) is 64.2 Å². The first-order valence-corrected chi connectivity index (χ1v) is 10.6. The molecule has 0 saturated heterocycles. The van der Waals surface area contributed by atoms with Crippen molar-refractivity contribution in [3.8, 4) is 5.75 Å². The van der Waals surface area contributed by atoms with Gasteiger partial charge in [0.2, 0.25) is 0 Å². The fourth-order valence-electron chi connectivity index (χ4n) is 3.47. The van der Waals surface area contributed by atoms with Gasteiger partial charge in [-0.15, -0.1) is 0 Å². The van der Waals surface area contributed by atoms with Crippen molar-refractivity contribution in [1.29, 1.82) is 0 Å². The van der Waals surface area contributed by atoms with Gasteiger partial charge in [-0.3, -0.25) is 9.59 Å². The van der Waals surface area contributed by atoms with Crippen molar-refractivity contribution in [3.63, 3.8) is 0 Å². The maximum Gasteiger partial charge on any atom is 0.165 e. The summed E-state index contributed by atoms with van der Waals surface area (Å²) in [6, 6.07) is 10.2. The quantitative estimate of drug-likeness (QED) is 0.251. The summed E-state index contributed by atoms with van der Waals surface area (Å²) in [5.74, 6) is 0.0700. The number of carbonyl (C=O) groups is 2. The predicted molar refractivity (Wildman–Crippen MR) is 127 cm³/mol. The Morgan fingerprint density at radius 3 is 1.68 bits per heavy atom. The van der Waals surface area contributed by atoms with E-state index in [4.69, 9.17) is 18.0 Å². The minimum absolute atomic E-state index is 0.0847. The highest BCUT2D eigenvalue weighted by molar-refractivity contribution is 7.80. The molecule has 0 atom stereocenters. The van der Waals surface area contributed by atoms with Crippen LogP contribution < -0.4 is 10.6 Å². The van der Waals surface area contributed by atoms with E-state index >= 15 is 0 Å². The summed E-state index contributed by atoms with van der Waals surface area (Å²) < 4.78 is 0. The Kier molecular flexibility index (Phi) is 7.40. The van der Waals surface area contributed by atoms with Crippen LogP contribution >= 0.6 is 12.2 Å². The van der Waals surface area contributed by atoms with E-state index < -0.39 is 0 Å². The Hall–Kier alpha value is -2.57. The number of hydrogen-bond acceptors (Lipinski definition) is 5. The number of ketones is 2. The van der Waals surface area contributed by atoms with Crippen molar-refractivity contribution in [2.75, 3.05) is 0 Å². The second-order valence-corrected chi connectivity index (χ2v) is 10.2. The van der Waals surface area contributed by atoms with E-state index in [1.807, 2.05) is 41.5 Å². The van der Waals surface area contributed by atoms with E-state index in [2.05, 4.69) is 4.89 Å². The summed E-state index contributed by atoms with van der Waals surface area (Å²) in [6.07, 6.45) is 0.179. The van der Waals surface area contributed by atoms with Crippen LogP contribution in [0.5, 0.6) is 5.75 Å². The molecule has 0 bridgehead atoms. The summed E-state index contributed by atoms with van der Waals surface area (Å²) in [5.41, 5.74) is 8.24. The molecular formula is C25H31NO4S. The van der Waals surface area contributed by atoms with Crippen molar-refractivity contribution in [2.45, 2.75) is 65.2 Å². The topological polar surface area (TPSA) is 89.6 Å². The Bertz CT molecular complexity index is 961. The smallest absolute Gasteiger partial charge is 0.165 e. The monoisotopic (exact) mass is 441 g/mol. The number of carbonyl (C=O) groups excluding carboxylic acids is 2. The molecule has 0 unspecified atom stereocenters. The van der Waals surface area contributed by atoms with E-state index in [9.17, 15) is 14.8 Å². The lowest BCUT2D eigenvalue weighted by Gasteiger charge is -2.30. The molecule has 2 rings (SSSR count). The molecule has 0 spiro atoms. The Labute approximate surface area is 189 Å². The van der Waals surface area contributed by atoms with Gasteiger partial charge in [0, 0.05) is 29.5 Å². The van der Waals surface area contributed by atoms with Gasteiger partial charge in [-0.1, -0.05) is 78.0 Å². The molecule has 0 fully saturated rings. The summed E-state index contributed by atoms with van der Waals surface area (Å²) in [4.78, 5) is 30.8. The lowest BCUT2D eigenvalue weighted by Crippen LogP contribution is -2.24. The molecule has 5 nitrogen and oxygen atoms in total. The van der Waals surface area contributed by atoms with Crippen LogP contribution in [0.25, 0.3) is 0 Å². The van der Waals surface area contributed by atoms with Crippen LogP contribution in [0.4, 0.5) is 0 Å². The van der Waals surface area contributed by atoms with Crippen LogP contribution in [0, 0.1) is 0 Å². The number of hydrogen-bond donors (Lipinski definition) is 2. The average molecular weight is 442 g/mol. The van der Waals surface area contributed by atoms with Gasteiger partial charge < -0.3 is 10.6 Å². The molecule has 166 valence electrons. The lowest BCUT2D eigenvalue weighted by molar-refractivity contribution is -0.137. The van der Waals surface area contributed by atoms with Gasteiger partial charge in [0.1, 0.15) is 4.99 Å². The fourth-order valence-corrected chi connectivity index (χ4v) is 3.60. The highest BCUT2D eigenvalue weighted by Gasteiger charge is 2.30. The van der Waals surface area contributed by atoms with Crippen LogP contribution in [0.3, 0.4) is 0 Å². The summed E-state index contributed by atoms with van der Waals surface area (Å²) in [6.45, 7) is 12.0. The summed E-state index contributed by atoms with van der Waals surface area (Å²) >= 11 is 4.94. The number of rotatable bonds is 7. The zero-order valence-corrected chi connectivity index (χ0v) is 19.9. The first-order valence-electron chi connectivity index (χ1n) is 10.2. The molecule has 0 aliphatic heterocycles. The van der Waals surface area contributed by atoms with Gasteiger partial charge in [0.05, 0.1) is 0 Å². The van der Waals surface area contributed by atoms with Crippen molar-refractivity contribution in [2.24, 2.45) is 5.73 Å². The van der Waals surface area contributed by atoms with Crippen LogP contribution in [0.2, 0.25) is 0 Å². The van der Waals surface area contributed by atoms with Crippen LogP contribution in [0.15, 0.2) is 36.4 Å². The third kappa shape index (κ3) is 5.99. The lowest BCUT2D eigenvalue weighted by atomic mass is 9.74. The summed E-state index contributed by atoms with van der Waals surface area (Å²) in [7, 11) is 0. The third-order valence-corrected chi connectivity index (χ3v) is 5.42. The number of benzene rings is 2. The molecule has 2 aromatic rings. The summed E-state index contributed by atoms with van der Waals surface area (Å²) in [5, 5.41) is 9.26. The SMILES string of the molecule is CC(C)(C)c1cc(OO)cc(C(C)(C)C)c1C(=O)CCC(=O)c1ccc(C(N)=S)cc1. The second-order valence-electron chi connectivity index (χ2n) is 9.77. The molecule has 0 heterocycles. The minimum atomic E-state index is -0.361. The first-order chi connectivity index (χ1) is 14.3.